The highest BCUT2D eigenvalue weighted by Gasteiger charge is 2.12. The number of carbonyl (C=O) groups is 1. The number of rotatable bonds is 3. The first-order valence-electron chi connectivity index (χ1n) is 3.94. The molecule has 1 heterocycles. The third-order valence-electron chi connectivity index (χ3n) is 1.60. The largest absolute Gasteiger partial charge is 0.481 e. The van der Waals surface area contributed by atoms with E-state index < -0.39 is 24.5 Å². The Morgan fingerprint density at radius 3 is 2.73 bits per heavy atom. The van der Waals surface area contributed by atoms with Crippen molar-refractivity contribution in [1.29, 1.82) is 5.26 Å². The Balaban J connectivity index is 3.12. The fraction of sp³-hybridized carbons (Fsp3) is 0.222. The molecule has 0 radical (unpaired) electrons. The summed E-state index contributed by atoms with van der Waals surface area (Å²) in [5, 5.41) is 17.0. The third kappa shape index (κ3) is 2.98. The van der Waals surface area contributed by atoms with Gasteiger partial charge in [0, 0.05) is 0 Å². The monoisotopic (exact) mass is 212 g/mol. The van der Waals surface area contributed by atoms with Crippen LogP contribution in [-0.4, -0.2) is 16.1 Å². The molecule has 0 aliphatic rings. The third-order valence-corrected chi connectivity index (χ3v) is 1.60. The van der Waals surface area contributed by atoms with E-state index in [-0.39, 0.29) is 11.3 Å². The van der Waals surface area contributed by atoms with Crippen LogP contribution in [0.2, 0.25) is 0 Å². The molecule has 0 fully saturated rings. The van der Waals surface area contributed by atoms with Gasteiger partial charge in [-0.05, 0) is 17.7 Å². The van der Waals surface area contributed by atoms with Gasteiger partial charge in [-0.1, -0.05) is 0 Å². The lowest BCUT2D eigenvalue weighted by Crippen LogP contribution is -2.03. The second kappa shape index (κ2) is 4.46. The summed E-state index contributed by atoms with van der Waals surface area (Å²) in [5.74, 6) is -1.15. The molecule has 0 saturated carbocycles. The lowest BCUT2D eigenvalue weighted by Gasteiger charge is -2.02. The summed E-state index contributed by atoms with van der Waals surface area (Å²) < 4.78 is 24.6. The SMILES string of the molecule is N#Cc1cc(CC(=O)O)cc(C(F)F)n1. The van der Waals surface area contributed by atoms with Crippen LogP contribution in [0.25, 0.3) is 0 Å². The molecule has 0 aliphatic heterocycles. The molecule has 0 aromatic carbocycles. The van der Waals surface area contributed by atoms with Gasteiger partial charge in [0.05, 0.1) is 6.42 Å². The Labute approximate surface area is 83.8 Å². The highest BCUT2D eigenvalue weighted by molar-refractivity contribution is 5.70. The summed E-state index contributed by atoms with van der Waals surface area (Å²) in [4.78, 5) is 13.7. The average molecular weight is 212 g/mol. The Morgan fingerprint density at radius 1 is 1.60 bits per heavy atom. The summed E-state index contributed by atoms with van der Waals surface area (Å²) in [6.45, 7) is 0. The van der Waals surface area contributed by atoms with Gasteiger partial charge in [-0.15, -0.1) is 0 Å². The minimum absolute atomic E-state index is 0.143. The first-order chi connectivity index (χ1) is 7.02. The summed E-state index contributed by atoms with van der Waals surface area (Å²) in [7, 11) is 0. The van der Waals surface area contributed by atoms with Crippen molar-refractivity contribution in [3.05, 3.63) is 29.1 Å². The van der Waals surface area contributed by atoms with Crippen molar-refractivity contribution in [3.8, 4) is 6.07 Å². The van der Waals surface area contributed by atoms with Gasteiger partial charge in [-0.2, -0.15) is 5.26 Å². The molecular weight excluding hydrogens is 206 g/mol. The molecule has 0 saturated heterocycles. The van der Waals surface area contributed by atoms with Gasteiger partial charge < -0.3 is 5.11 Å². The summed E-state index contributed by atoms with van der Waals surface area (Å²) >= 11 is 0. The van der Waals surface area contributed by atoms with Crippen molar-refractivity contribution >= 4 is 5.97 Å². The topological polar surface area (TPSA) is 74.0 Å². The maximum Gasteiger partial charge on any atom is 0.307 e. The van der Waals surface area contributed by atoms with Crippen LogP contribution in [-0.2, 0) is 11.2 Å². The number of pyridine rings is 1. The minimum Gasteiger partial charge on any atom is -0.481 e. The molecule has 0 amide bonds. The number of aromatic nitrogens is 1. The Bertz CT molecular complexity index is 427. The molecule has 0 bridgehead atoms. The lowest BCUT2D eigenvalue weighted by atomic mass is 10.1. The summed E-state index contributed by atoms with van der Waals surface area (Å²) in [5.41, 5.74) is -0.640. The van der Waals surface area contributed by atoms with E-state index in [1.54, 1.807) is 6.07 Å². The van der Waals surface area contributed by atoms with E-state index in [9.17, 15) is 13.6 Å². The first-order valence-corrected chi connectivity index (χ1v) is 3.94. The summed E-state index contributed by atoms with van der Waals surface area (Å²) in [6.07, 6.45) is -3.22. The molecule has 0 unspecified atom stereocenters. The molecule has 0 aliphatic carbocycles. The van der Waals surface area contributed by atoms with Crippen LogP contribution < -0.4 is 0 Å². The number of hydrogen-bond donors (Lipinski definition) is 1. The molecule has 78 valence electrons. The number of hydrogen-bond acceptors (Lipinski definition) is 3. The number of carboxylic acids is 1. The maximum absolute atomic E-state index is 12.3. The molecule has 0 spiro atoms. The minimum atomic E-state index is -2.81. The van der Waals surface area contributed by atoms with Crippen molar-refractivity contribution in [2.75, 3.05) is 0 Å². The Hall–Kier alpha value is -2.03. The van der Waals surface area contributed by atoms with E-state index in [1.165, 1.54) is 6.07 Å². The quantitative estimate of drug-likeness (QED) is 0.824. The van der Waals surface area contributed by atoms with Crippen molar-refractivity contribution in [2.45, 2.75) is 12.8 Å². The summed E-state index contributed by atoms with van der Waals surface area (Å²) in [6, 6.07) is 3.76. The normalized spacial score (nSPS) is 10.0. The van der Waals surface area contributed by atoms with Gasteiger partial charge in [0.2, 0.25) is 0 Å². The molecule has 15 heavy (non-hydrogen) atoms. The highest BCUT2D eigenvalue weighted by Crippen LogP contribution is 2.18. The van der Waals surface area contributed by atoms with E-state index in [0.717, 1.165) is 6.07 Å². The smallest absolute Gasteiger partial charge is 0.307 e. The zero-order valence-electron chi connectivity index (χ0n) is 7.44. The zero-order chi connectivity index (χ0) is 11.4. The van der Waals surface area contributed by atoms with Crippen molar-refractivity contribution < 1.29 is 18.7 Å². The standard InChI is InChI=1S/C9H6F2N2O2/c10-9(11)7-2-5(3-8(14)15)1-6(4-12)13-7/h1-2,9H,3H2,(H,14,15). The molecule has 6 heteroatoms. The number of nitrogens with zero attached hydrogens (tertiary/aromatic N) is 2. The van der Waals surface area contributed by atoms with E-state index in [4.69, 9.17) is 10.4 Å². The van der Waals surface area contributed by atoms with Gasteiger partial charge in [0.25, 0.3) is 6.43 Å². The van der Waals surface area contributed by atoms with Gasteiger partial charge in [0.1, 0.15) is 17.5 Å². The van der Waals surface area contributed by atoms with Crippen LogP contribution >= 0.6 is 0 Å². The number of alkyl halides is 2. The zero-order valence-corrected chi connectivity index (χ0v) is 7.44. The second-order valence-corrected chi connectivity index (χ2v) is 2.77. The van der Waals surface area contributed by atoms with Gasteiger partial charge >= 0.3 is 5.97 Å². The van der Waals surface area contributed by atoms with Crippen LogP contribution in [0.3, 0.4) is 0 Å². The maximum atomic E-state index is 12.3. The Morgan fingerprint density at radius 2 is 2.27 bits per heavy atom. The fourth-order valence-corrected chi connectivity index (χ4v) is 1.06. The van der Waals surface area contributed by atoms with E-state index in [1.807, 2.05) is 0 Å². The predicted octanol–water partition coefficient (Wildman–Crippen LogP) is 1.52. The van der Waals surface area contributed by atoms with E-state index in [2.05, 4.69) is 4.98 Å². The molecule has 1 aromatic rings. The van der Waals surface area contributed by atoms with Gasteiger partial charge in [-0.3, -0.25) is 4.79 Å². The number of halogens is 2. The molecule has 4 nitrogen and oxygen atoms in total. The molecule has 1 aromatic heterocycles. The fourth-order valence-electron chi connectivity index (χ4n) is 1.06. The molecule has 1 N–H and O–H groups in total. The number of carboxylic acid groups (broad SMARTS) is 1. The molecule has 1 rings (SSSR count). The Kier molecular flexibility index (Phi) is 3.29. The van der Waals surface area contributed by atoms with Gasteiger partial charge in [-0.25, -0.2) is 13.8 Å². The predicted molar refractivity (Wildman–Crippen MR) is 45.2 cm³/mol. The average Bonchev–Trinajstić information content (AvgIpc) is 2.16. The van der Waals surface area contributed by atoms with Crippen LogP contribution in [0.1, 0.15) is 23.4 Å². The van der Waals surface area contributed by atoms with Crippen molar-refractivity contribution in [3.63, 3.8) is 0 Å². The van der Waals surface area contributed by atoms with E-state index in [0.29, 0.717) is 0 Å². The van der Waals surface area contributed by atoms with Crippen LogP contribution in [0, 0.1) is 11.3 Å². The van der Waals surface area contributed by atoms with Crippen LogP contribution in [0.15, 0.2) is 12.1 Å². The number of aliphatic carboxylic acids is 1. The highest BCUT2D eigenvalue weighted by atomic mass is 19.3. The first kappa shape index (κ1) is 11.0. The molecule has 0 atom stereocenters. The second-order valence-electron chi connectivity index (χ2n) is 2.77. The van der Waals surface area contributed by atoms with Crippen molar-refractivity contribution in [2.24, 2.45) is 0 Å². The molecular formula is C9H6F2N2O2. The lowest BCUT2D eigenvalue weighted by molar-refractivity contribution is -0.136. The van der Waals surface area contributed by atoms with Crippen molar-refractivity contribution in [1.82, 2.24) is 4.98 Å². The number of nitriles is 1. The van der Waals surface area contributed by atoms with Gasteiger partial charge in [0.15, 0.2) is 0 Å². The van der Waals surface area contributed by atoms with Crippen LogP contribution in [0.5, 0.6) is 0 Å². The van der Waals surface area contributed by atoms with E-state index >= 15 is 0 Å². The van der Waals surface area contributed by atoms with Crippen LogP contribution in [0.4, 0.5) is 8.78 Å².